The average molecular weight is 367 g/mol. The number of pyridine rings is 1. The third kappa shape index (κ3) is 3.60. The summed E-state index contributed by atoms with van der Waals surface area (Å²) in [5.41, 5.74) is 1.65. The lowest BCUT2D eigenvalue weighted by molar-refractivity contribution is -0.135. The molecule has 9 heteroatoms. The Kier molecular flexibility index (Phi) is 5.22. The van der Waals surface area contributed by atoms with Gasteiger partial charge in [0.1, 0.15) is 5.52 Å². The Morgan fingerprint density at radius 2 is 1.96 bits per heavy atom. The number of aromatic nitrogens is 3. The summed E-state index contributed by atoms with van der Waals surface area (Å²) in [6.07, 6.45) is 1.59. The molecule has 25 heavy (non-hydrogen) atoms. The summed E-state index contributed by atoms with van der Waals surface area (Å²) in [5, 5.41) is 0.299. The van der Waals surface area contributed by atoms with Gasteiger partial charge in [0.05, 0.1) is 25.4 Å². The summed E-state index contributed by atoms with van der Waals surface area (Å²) in [5.74, 6) is 1.39. The van der Waals surface area contributed by atoms with E-state index in [1.807, 2.05) is 0 Å². The van der Waals surface area contributed by atoms with Crippen LogP contribution in [0, 0.1) is 0 Å². The number of methoxy groups -OCH3 is 2. The second-order valence-electron chi connectivity index (χ2n) is 4.83. The quantitative estimate of drug-likeness (QED) is 0.597. The minimum absolute atomic E-state index is 0.299. The van der Waals surface area contributed by atoms with Crippen LogP contribution in [0.3, 0.4) is 0 Å². The van der Waals surface area contributed by atoms with Gasteiger partial charge in [0.25, 0.3) is 0 Å². The maximum atomic E-state index is 12.8. The van der Waals surface area contributed by atoms with Crippen molar-refractivity contribution in [3.8, 4) is 11.5 Å². The molecule has 0 fully saturated rings. The number of ether oxygens (including phenoxy) is 2. The van der Waals surface area contributed by atoms with Gasteiger partial charge >= 0.3 is 6.61 Å². The molecule has 0 atom stereocenters. The molecule has 3 rings (SSSR count). The van der Waals surface area contributed by atoms with Crippen molar-refractivity contribution in [2.75, 3.05) is 14.2 Å². The van der Waals surface area contributed by atoms with E-state index in [0.717, 1.165) is 4.73 Å². The van der Waals surface area contributed by atoms with Crippen LogP contribution in [0.1, 0.15) is 5.69 Å². The SMILES string of the molecule is COc1ccnc(CSc2nc3ccccc3n2OC(F)F)c1OC. The summed E-state index contributed by atoms with van der Waals surface area (Å²) < 4.78 is 37.1. The third-order valence-electron chi connectivity index (χ3n) is 3.38. The van der Waals surface area contributed by atoms with Crippen molar-refractivity contribution in [1.29, 1.82) is 0 Å². The molecule has 0 N–H and O–H groups in total. The number of fused-ring (bicyclic) bond motifs is 1. The third-order valence-corrected chi connectivity index (χ3v) is 4.31. The average Bonchev–Trinajstić information content (AvgIpc) is 2.96. The van der Waals surface area contributed by atoms with Crippen molar-refractivity contribution in [2.24, 2.45) is 0 Å². The monoisotopic (exact) mass is 367 g/mol. The fourth-order valence-electron chi connectivity index (χ4n) is 2.34. The molecule has 132 valence electrons. The zero-order chi connectivity index (χ0) is 17.8. The molecule has 0 unspecified atom stereocenters. The number of rotatable bonds is 7. The molecule has 3 aromatic rings. The van der Waals surface area contributed by atoms with Gasteiger partial charge in [0.2, 0.25) is 5.16 Å². The minimum Gasteiger partial charge on any atom is -0.493 e. The second kappa shape index (κ2) is 7.56. The topological polar surface area (TPSA) is 58.4 Å². The maximum Gasteiger partial charge on any atom is 0.405 e. The lowest BCUT2D eigenvalue weighted by Gasteiger charge is -2.12. The van der Waals surface area contributed by atoms with Gasteiger partial charge in [-0.25, -0.2) is 4.98 Å². The molecule has 0 saturated carbocycles. The molecular formula is C16H15F2N3O3S. The molecule has 0 aliphatic heterocycles. The van der Waals surface area contributed by atoms with Gasteiger partial charge in [0.15, 0.2) is 11.5 Å². The zero-order valence-electron chi connectivity index (χ0n) is 13.5. The molecule has 0 amide bonds. The highest BCUT2D eigenvalue weighted by atomic mass is 32.2. The second-order valence-corrected chi connectivity index (χ2v) is 5.77. The van der Waals surface area contributed by atoms with E-state index in [1.165, 1.54) is 26.0 Å². The van der Waals surface area contributed by atoms with Gasteiger partial charge in [-0.15, -0.1) is 0 Å². The first-order valence-corrected chi connectivity index (χ1v) is 8.24. The number of hydrogen-bond donors (Lipinski definition) is 0. The maximum absolute atomic E-state index is 12.8. The van der Waals surface area contributed by atoms with Crippen molar-refractivity contribution in [1.82, 2.24) is 14.7 Å². The highest BCUT2D eigenvalue weighted by Crippen LogP contribution is 2.33. The summed E-state index contributed by atoms with van der Waals surface area (Å²) in [4.78, 5) is 13.2. The number of thioether (sulfide) groups is 1. The first kappa shape index (κ1) is 17.3. The lowest BCUT2D eigenvalue weighted by Crippen LogP contribution is -2.17. The number of imidazole rings is 1. The fourth-order valence-corrected chi connectivity index (χ4v) is 3.23. The van der Waals surface area contributed by atoms with Crippen LogP contribution >= 0.6 is 11.8 Å². The molecular weight excluding hydrogens is 352 g/mol. The summed E-state index contributed by atoms with van der Waals surface area (Å²) in [6, 6.07) is 8.59. The van der Waals surface area contributed by atoms with Crippen LogP contribution in [0.15, 0.2) is 41.7 Å². The van der Waals surface area contributed by atoms with E-state index in [9.17, 15) is 8.78 Å². The first-order valence-electron chi connectivity index (χ1n) is 7.25. The van der Waals surface area contributed by atoms with E-state index in [0.29, 0.717) is 39.1 Å². The van der Waals surface area contributed by atoms with E-state index >= 15 is 0 Å². The van der Waals surface area contributed by atoms with Gasteiger partial charge in [0, 0.05) is 18.0 Å². The first-order chi connectivity index (χ1) is 12.1. The van der Waals surface area contributed by atoms with Gasteiger partial charge in [-0.05, 0) is 12.1 Å². The van der Waals surface area contributed by atoms with E-state index in [4.69, 9.17) is 9.47 Å². The normalized spacial score (nSPS) is 11.1. The predicted molar refractivity (Wildman–Crippen MR) is 89.2 cm³/mol. The van der Waals surface area contributed by atoms with Gasteiger partial charge in [-0.1, -0.05) is 23.9 Å². The molecule has 0 radical (unpaired) electrons. The van der Waals surface area contributed by atoms with Crippen molar-refractivity contribution in [3.05, 3.63) is 42.2 Å². The molecule has 0 aliphatic carbocycles. The van der Waals surface area contributed by atoms with Crippen molar-refractivity contribution in [3.63, 3.8) is 0 Å². The van der Waals surface area contributed by atoms with Crippen LogP contribution < -0.4 is 14.3 Å². The Hall–Kier alpha value is -2.55. The van der Waals surface area contributed by atoms with Gasteiger partial charge in [-0.3, -0.25) is 4.98 Å². The Labute approximate surface area is 146 Å². The van der Waals surface area contributed by atoms with Crippen LogP contribution in [0.2, 0.25) is 0 Å². The van der Waals surface area contributed by atoms with Crippen LogP contribution in [0.4, 0.5) is 8.78 Å². The van der Waals surface area contributed by atoms with Crippen LogP contribution in [0.5, 0.6) is 11.5 Å². The van der Waals surface area contributed by atoms with E-state index < -0.39 is 6.61 Å². The van der Waals surface area contributed by atoms with Crippen molar-refractivity contribution >= 4 is 22.8 Å². The van der Waals surface area contributed by atoms with Gasteiger partial charge in [-0.2, -0.15) is 13.5 Å². The minimum atomic E-state index is -2.96. The molecule has 2 aromatic heterocycles. The van der Waals surface area contributed by atoms with E-state index in [2.05, 4.69) is 14.8 Å². The fraction of sp³-hybridized carbons (Fsp3) is 0.250. The summed E-state index contributed by atoms with van der Waals surface area (Å²) in [6.45, 7) is -2.96. The van der Waals surface area contributed by atoms with Crippen LogP contribution in [0.25, 0.3) is 11.0 Å². The highest BCUT2D eigenvalue weighted by molar-refractivity contribution is 7.98. The van der Waals surface area contributed by atoms with Crippen LogP contribution in [-0.4, -0.2) is 35.5 Å². The Morgan fingerprint density at radius 1 is 1.16 bits per heavy atom. The van der Waals surface area contributed by atoms with Crippen LogP contribution in [-0.2, 0) is 5.75 Å². The molecule has 0 aliphatic rings. The molecule has 0 spiro atoms. The number of halogens is 2. The van der Waals surface area contributed by atoms with Crippen molar-refractivity contribution < 1.29 is 23.1 Å². The van der Waals surface area contributed by atoms with Gasteiger partial charge < -0.3 is 14.3 Å². The summed E-state index contributed by atoms with van der Waals surface area (Å²) in [7, 11) is 3.05. The Morgan fingerprint density at radius 3 is 2.68 bits per heavy atom. The van der Waals surface area contributed by atoms with Crippen molar-refractivity contribution in [2.45, 2.75) is 17.5 Å². The zero-order valence-corrected chi connectivity index (χ0v) is 14.3. The number of nitrogens with zero attached hydrogens (tertiary/aromatic N) is 3. The largest absolute Gasteiger partial charge is 0.493 e. The lowest BCUT2D eigenvalue weighted by atomic mass is 10.3. The highest BCUT2D eigenvalue weighted by Gasteiger charge is 2.18. The standard InChI is InChI=1S/C16H15F2N3O3S/c1-22-13-7-8-19-11(14(13)23-2)9-25-16-20-10-5-3-4-6-12(10)21(16)24-15(17)18/h3-8,15H,9H2,1-2H3. The number of para-hydroxylation sites is 2. The Balaban J connectivity index is 1.91. The number of alkyl halides is 2. The van der Waals surface area contributed by atoms with E-state index in [-0.39, 0.29) is 0 Å². The Bertz CT molecular complexity index is 873. The molecule has 0 bridgehead atoms. The predicted octanol–water partition coefficient (Wildman–Crippen LogP) is 3.39. The molecule has 2 heterocycles. The van der Waals surface area contributed by atoms with E-state index in [1.54, 1.807) is 36.5 Å². The molecule has 6 nitrogen and oxygen atoms in total. The summed E-state index contributed by atoms with van der Waals surface area (Å²) >= 11 is 1.21. The number of benzene rings is 1. The smallest absolute Gasteiger partial charge is 0.405 e. The molecule has 1 aromatic carbocycles. The number of hydrogen-bond acceptors (Lipinski definition) is 6. The molecule has 0 saturated heterocycles.